The van der Waals surface area contributed by atoms with Crippen molar-refractivity contribution in [1.29, 1.82) is 0 Å². The predicted octanol–water partition coefficient (Wildman–Crippen LogP) is 2.63. The van der Waals surface area contributed by atoms with Gasteiger partial charge in [0, 0.05) is 0 Å². The van der Waals surface area contributed by atoms with Gasteiger partial charge >= 0.3 is 48.0 Å². The summed E-state index contributed by atoms with van der Waals surface area (Å²) in [5.74, 6) is 0. The molecule has 0 radical (unpaired) electrons. The summed E-state index contributed by atoms with van der Waals surface area (Å²) in [6.07, 6.45) is 0. The molecule has 0 spiro atoms. The third kappa shape index (κ3) is 28.3. The molecule has 5 heavy (non-hydrogen) atoms. The van der Waals surface area contributed by atoms with E-state index in [2.05, 4.69) is 32.2 Å². The Morgan fingerprint density at radius 3 is 1.20 bits per heavy atom. The van der Waals surface area contributed by atoms with Crippen molar-refractivity contribution < 1.29 is 15.8 Å². The molecule has 0 atom stereocenters. The van der Waals surface area contributed by atoms with Gasteiger partial charge in [-0.25, -0.2) is 0 Å². The van der Waals surface area contributed by atoms with E-state index in [0.717, 1.165) is 0 Å². The summed E-state index contributed by atoms with van der Waals surface area (Å²) in [6, 6.07) is 0. The van der Waals surface area contributed by atoms with Crippen LogP contribution in [0, 0.1) is 0 Å². The molecular weight excluding hydrogens is 341 g/mol. The van der Waals surface area contributed by atoms with E-state index in [0.29, 0.717) is 0 Å². The van der Waals surface area contributed by atoms with E-state index in [1.807, 2.05) is 0 Å². The van der Waals surface area contributed by atoms with Crippen LogP contribution in [0.15, 0.2) is 0 Å². The Morgan fingerprint density at radius 2 is 1.20 bits per heavy atom. The second kappa shape index (κ2) is 2.05. The number of rotatable bonds is 0. The van der Waals surface area contributed by atoms with Crippen molar-refractivity contribution in [2.45, 2.75) is 14.0 Å². The summed E-state index contributed by atoms with van der Waals surface area (Å²) in [5.41, 5.74) is 0. The molecule has 0 aromatic rings. The Morgan fingerprint density at radius 1 is 1.20 bits per heavy atom. The average molecular weight is 350 g/mol. The molecule has 2 heteroatoms. The Hall–Kier alpha value is 1.60. The first-order valence-electron chi connectivity index (χ1n) is 1.69. The van der Waals surface area contributed by atoms with Crippen molar-refractivity contribution in [2.75, 3.05) is 0 Å². The van der Waals surface area contributed by atoms with E-state index in [9.17, 15) is 0 Å². The second-order valence-corrected chi connectivity index (χ2v) is 43.4. The van der Waals surface area contributed by atoms with Crippen LogP contribution in [0.1, 0.15) is 0 Å². The normalized spacial score (nSPS) is 12.0. The first kappa shape index (κ1) is 6.60. The van der Waals surface area contributed by atoms with E-state index in [1.54, 1.807) is 0 Å². The van der Waals surface area contributed by atoms with Gasteiger partial charge in [-0.2, -0.15) is 0 Å². The molecule has 0 unspecified atom stereocenters. The van der Waals surface area contributed by atoms with Gasteiger partial charge in [-0.1, -0.05) is 0 Å². The summed E-state index contributed by atoms with van der Waals surface area (Å²) < 4.78 is 7.19. The molecule has 0 fully saturated rings. The van der Waals surface area contributed by atoms with Gasteiger partial charge < -0.3 is 0 Å². The zero-order chi connectivity index (χ0) is 4.50. The van der Waals surface area contributed by atoms with Crippen molar-refractivity contribution in [3.8, 4) is 0 Å². The standard InChI is InChI=1S/3CH3.Hf.HI/h3*1H3;;1H/q;;;+1;/p-1. The quantitative estimate of drug-likeness (QED) is 0.465. The van der Waals surface area contributed by atoms with Crippen LogP contribution in [-0.4, -0.2) is 0 Å². The van der Waals surface area contributed by atoms with Crippen molar-refractivity contribution in [2.24, 2.45) is 0 Å². The second-order valence-electron chi connectivity index (χ2n) is 2.07. The molecule has 0 aliphatic rings. The van der Waals surface area contributed by atoms with Crippen LogP contribution in [0.25, 0.3) is 0 Å². The summed E-state index contributed by atoms with van der Waals surface area (Å²) >= 11 is 1.29. The molecule has 0 aliphatic carbocycles. The van der Waals surface area contributed by atoms with Gasteiger partial charge in [-0.15, -0.1) is 0 Å². The van der Waals surface area contributed by atoms with Crippen LogP contribution in [0.3, 0.4) is 0 Å². The Balaban J connectivity index is 3.02. The molecule has 0 aromatic heterocycles. The van der Waals surface area contributed by atoms with Gasteiger partial charge in [-0.3, -0.25) is 0 Å². The molecule has 0 nitrogen and oxygen atoms in total. The predicted molar refractivity (Wildman–Crippen MR) is 31.6 cm³/mol. The van der Waals surface area contributed by atoms with E-state index < -0.39 is 15.8 Å². The minimum absolute atomic E-state index is 1.31. The van der Waals surface area contributed by atoms with Crippen LogP contribution in [0.5, 0.6) is 0 Å². The van der Waals surface area contributed by atoms with Gasteiger partial charge in [0.1, 0.15) is 0 Å². The fraction of sp³-hybridized carbons (Fsp3) is 1.00. The minimum atomic E-state index is -1.31. The number of hydrogen-bond donors (Lipinski definition) is 0. The molecule has 0 N–H and O–H groups in total. The molecule has 0 amide bonds. The monoisotopic (exact) mass is 352 g/mol. The van der Waals surface area contributed by atoms with E-state index in [4.69, 9.17) is 0 Å². The first-order chi connectivity index (χ1) is 2.00. The van der Waals surface area contributed by atoms with Crippen molar-refractivity contribution in [3.05, 3.63) is 0 Å². The van der Waals surface area contributed by atoms with Gasteiger partial charge in [-0.05, 0) is 0 Å². The topological polar surface area (TPSA) is 0 Å². The SMILES string of the molecule is [CH3][Hf]([CH3])([CH3])[I]. The molecule has 0 saturated carbocycles. The van der Waals surface area contributed by atoms with Crippen molar-refractivity contribution >= 4 is 18.1 Å². The molecule has 32 valence electrons. The fourth-order valence-electron chi connectivity index (χ4n) is 0. The maximum atomic E-state index is 2.60. The first-order valence-corrected chi connectivity index (χ1v) is 22.7. The maximum absolute atomic E-state index is 2.60. The summed E-state index contributed by atoms with van der Waals surface area (Å²) in [7, 11) is 0. The van der Waals surface area contributed by atoms with Crippen LogP contribution in [0.4, 0.5) is 0 Å². The molecule has 0 aliphatic heterocycles. The summed E-state index contributed by atoms with van der Waals surface area (Å²) in [4.78, 5) is 0. The Bertz CT molecular complexity index is 22.4. The molecule has 0 heterocycles. The van der Waals surface area contributed by atoms with Crippen molar-refractivity contribution in [1.82, 2.24) is 0 Å². The third-order valence-electron chi connectivity index (χ3n) is 0. The van der Waals surface area contributed by atoms with E-state index in [-0.39, 0.29) is 0 Å². The Kier molecular flexibility index (Phi) is 2.71. The average Bonchev–Trinajstić information content (AvgIpc) is 0.722. The van der Waals surface area contributed by atoms with Gasteiger partial charge in [0.2, 0.25) is 0 Å². The summed E-state index contributed by atoms with van der Waals surface area (Å²) in [5, 5.41) is 0. The molecular formula is C3H9HfI. The van der Waals surface area contributed by atoms with E-state index >= 15 is 0 Å². The van der Waals surface area contributed by atoms with Gasteiger partial charge in [0.15, 0.2) is 0 Å². The van der Waals surface area contributed by atoms with Crippen LogP contribution in [0.2, 0.25) is 14.0 Å². The van der Waals surface area contributed by atoms with E-state index in [1.165, 1.54) is 0 Å². The zero-order valence-corrected chi connectivity index (χ0v) is 9.63. The van der Waals surface area contributed by atoms with Crippen LogP contribution in [-0.2, 0) is 15.8 Å². The molecule has 0 rings (SSSR count). The molecule has 0 aromatic carbocycles. The van der Waals surface area contributed by atoms with Crippen LogP contribution >= 0.6 is 18.1 Å². The molecule has 0 saturated heterocycles. The van der Waals surface area contributed by atoms with Crippen molar-refractivity contribution in [3.63, 3.8) is 0 Å². The Labute approximate surface area is 47.4 Å². The zero-order valence-electron chi connectivity index (χ0n) is 3.88. The fourth-order valence-corrected chi connectivity index (χ4v) is 0. The third-order valence-corrected chi connectivity index (χ3v) is 0. The van der Waals surface area contributed by atoms with Gasteiger partial charge in [0.25, 0.3) is 0 Å². The summed E-state index contributed by atoms with van der Waals surface area (Å²) in [6.45, 7) is 0. The number of halogens is 1. The molecule has 0 bridgehead atoms. The van der Waals surface area contributed by atoms with Crippen LogP contribution < -0.4 is 0 Å². The van der Waals surface area contributed by atoms with Gasteiger partial charge in [0.05, 0.1) is 0 Å². The number of hydrogen-bond acceptors (Lipinski definition) is 0.